The zero-order valence-corrected chi connectivity index (χ0v) is 28.0. The van der Waals surface area contributed by atoms with E-state index in [0.717, 1.165) is 29.7 Å². The van der Waals surface area contributed by atoms with Gasteiger partial charge in [0.1, 0.15) is 23.8 Å². The first-order valence-corrected chi connectivity index (χ1v) is 13.2. The summed E-state index contributed by atoms with van der Waals surface area (Å²) in [6.07, 6.45) is 4.26. The molecule has 0 unspecified atom stereocenters. The van der Waals surface area contributed by atoms with Crippen LogP contribution in [0.25, 0.3) is 22.5 Å². The molecule has 0 atom stereocenters. The Balaban J connectivity index is 0.000000357. The minimum absolute atomic E-state index is 0. The maximum atomic E-state index is 13.5. The van der Waals surface area contributed by atoms with Crippen LogP contribution in [0, 0.1) is 42.3 Å². The van der Waals surface area contributed by atoms with Crippen LogP contribution in [0.3, 0.4) is 0 Å². The van der Waals surface area contributed by atoms with Crippen LogP contribution in [-0.2, 0) is 40.5 Å². The van der Waals surface area contributed by atoms with Crippen LogP contribution in [-0.4, -0.2) is 31.5 Å². The van der Waals surface area contributed by atoms with Crippen LogP contribution in [0.15, 0.2) is 48.8 Å². The number of nitrogens with zero attached hydrogens (tertiary/aromatic N) is 4. The summed E-state index contributed by atoms with van der Waals surface area (Å²) in [5, 5.41) is 0. The summed E-state index contributed by atoms with van der Waals surface area (Å²) in [5.41, 5.74) is 2.89. The van der Waals surface area contributed by atoms with E-state index in [-0.39, 0.29) is 53.6 Å². The zero-order chi connectivity index (χ0) is 32.5. The Bertz CT molecular complexity index is 1470. The second-order valence-electron chi connectivity index (χ2n) is 11.5. The predicted octanol–water partition coefficient (Wildman–Crippen LogP) is 7.41. The first-order chi connectivity index (χ1) is 19.9. The predicted molar refractivity (Wildman–Crippen MR) is 156 cm³/mol. The molecule has 0 aliphatic rings. The fourth-order valence-electron chi connectivity index (χ4n) is 3.46. The Morgan fingerprint density at radius 2 is 1.02 bits per heavy atom. The standard InChI is InChI=1S/2C14H13F2N2.C5H7O2.Ir/c2*1-14(2,3)9-6-7-17-11(8-9)10-4-5-12(15)18-13(10)16;1-4(6)3-5(2)7;/h2*5-8H,1-3H3;3H,1-2H3;/q3*-1;+3. The number of aromatic nitrogens is 4. The minimum Gasteiger partial charge on any atom is -0.334 e. The Kier molecular flexibility index (Phi) is 14.2. The molecule has 0 aromatic carbocycles. The molecule has 0 aliphatic heterocycles. The fourth-order valence-corrected chi connectivity index (χ4v) is 3.46. The second-order valence-corrected chi connectivity index (χ2v) is 11.5. The van der Waals surface area contributed by atoms with Gasteiger partial charge in [0.05, 0.1) is 0 Å². The quantitative estimate of drug-likeness (QED) is 0.0929. The monoisotopic (exact) mass is 786 g/mol. The summed E-state index contributed by atoms with van der Waals surface area (Å²) >= 11 is 0. The van der Waals surface area contributed by atoms with Crippen molar-refractivity contribution in [1.29, 1.82) is 0 Å². The van der Waals surface area contributed by atoms with Crippen molar-refractivity contribution in [1.82, 2.24) is 19.9 Å². The summed E-state index contributed by atoms with van der Waals surface area (Å²) in [6.45, 7) is 15.0. The van der Waals surface area contributed by atoms with Crippen molar-refractivity contribution in [2.75, 3.05) is 0 Å². The minimum atomic E-state index is -0.895. The van der Waals surface area contributed by atoms with Gasteiger partial charge >= 0.3 is 20.1 Å². The topological polar surface area (TPSA) is 85.7 Å². The molecule has 0 saturated carbocycles. The number of ketones is 2. The number of rotatable bonds is 4. The molecule has 4 aromatic heterocycles. The average molecular weight is 786 g/mol. The van der Waals surface area contributed by atoms with E-state index in [9.17, 15) is 27.2 Å². The summed E-state index contributed by atoms with van der Waals surface area (Å²) < 4.78 is 52.5. The van der Waals surface area contributed by atoms with Gasteiger partial charge in [-0.25, -0.2) is 17.6 Å². The maximum absolute atomic E-state index is 13.5. The number of hydrogen-bond acceptors (Lipinski definition) is 6. The van der Waals surface area contributed by atoms with Crippen molar-refractivity contribution in [2.45, 2.75) is 66.2 Å². The molecule has 11 heteroatoms. The molecular formula is C33H33F4IrN4O2. The number of halogens is 4. The number of pyridine rings is 4. The molecule has 234 valence electrons. The van der Waals surface area contributed by atoms with E-state index in [1.54, 1.807) is 24.5 Å². The molecule has 4 heterocycles. The summed E-state index contributed by atoms with van der Waals surface area (Å²) in [5.74, 6) is -3.94. The van der Waals surface area contributed by atoms with Gasteiger partial charge in [0, 0.05) is 24.0 Å². The van der Waals surface area contributed by atoms with Gasteiger partial charge in [0.2, 0.25) is 0 Å². The number of carbonyl (C=O) groups excluding carboxylic acids is 2. The number of carbonyl (C=O) groups is 2. The summed E-state index contributed by atoms with van der Waals surface area (Å²) in [6, 6.07) is 14.3. The molecule has 0 bridgehead atoms. The second kappa shape index (κ2) is 16.3. The van der Waals surface area contributed by atoms with Gasteiger partial charge < -0.3 is 19.6 Å². The first kappa shape index (κ1) is 38.2. The fraction of sp³-hybridized carbons (Fsp3) is 0.303. The van der Waals surface area contributed by atoms with E-state index in [1.807, 2.05) is 12.1 Å². The van der Waals surface area contributed by atoms with E-state index >= 15 is 0 Å². The third-order valence-electron chi connectivity index (χ3n) is 5.66. The van der Waals surface area contributed by atoms with Crippen LogP contribution < -0.4 is 0 Å². The molecular weight excluding hydrogens is 753 g/mol. The van der Waals surface area contributed by atoms with E-state index in [1.165, 1.54) is 13.8 Å². The Hall–Kier alpha value is -3.82. The van der Waals surface area contributed by atoms with Crippen LogP contribution in [0.1, 0.15) is 66.5 Å². The molecule has 0 amide bonds. The molecule has 0 spiro atoms. The van der Waals surface area contributed by atoms with Gasteiger partial charge in [0.25, 0.3) is 0 Å². The van der Waals surface area contributed by atoms with Crippen LogP contribution in [0.5, 0.6) is 0 Å². The molecule has 0 radical (unpaired) electrons. The van der Waals surface area contributed by atoms with E-state index < -0.39 is 23.8 Å². The van der Waals surface area contributed by atoms with Crippen molar-refractivity contribution in [2.24, 2.45) is 0 Å². The molecule has 0 N–H and O–H groups in total. The summed E-state index contributed by atoms with van der Waals surface area (Å²) in [7, 11) is 0. The van der Waals surface area contributed by atoms with Gasteiger partial charge in [-0.2, -0.15) is 0 Å². The van der Waals surface area contributed by atoms with Crippen molar-refractivity contribution < 1.29 is 47.3 Å². The van der Waals surface area contributed by atoms with Crippen LogP contribution in [0.2, 0.25) is 0 Å². The molecule has 6 nitrogen and oxygen atoms in total. The van der Waals surface area contributed by atoms with Gasteiger partial charge in [-0.3, -0.25) is 16.4 Å². The third-order valence-corrected chi connectivity index (χ3v) is 5.66. The van der Waals surface area contributed by atoms with E-state index in [0.29, 0.717) is 11.4 Å². The molecule has 0 fully saturated rings. The van der Waals surface area contributed by atoms with E-state index in [4.69, 9.17) is 0 Å². The van der Waals surface area contributed by atoms with Crippen molar-refractivity contribution in [3.63, 3.8) is 0 Å². The smallest absolute Gasteiger partial charge is 0.334 e. The molecule has 4 rings (SSSR count). The number of Topliss-reactive ketones (excluding diaryl/α,β-unsaturated/α-hetero) is 2. The van der Waals surface area contributed by atoms with Crippen LogP contribution in [0.4, 0.5) is 17.6 Å². The maximum Gasteiger partial charge on any atom is 3.00 e. The Labute approximate surface area is 269 Å². The third kappa shape index (κ3) is 12.1. The first-order valence-electron chi connectivity index (χ1n) is 13.2. The van der Waals surface area contributed by atoms with Gasteiger partial charge in [-0.05, 0) is 59.3 Å². The molecule has 4 aromatic rings. The normalized spacial score (nSPS) is 10.7. The zero-order valence-electron chi connectivity index (χ0n) is 25.6. The molecule has 44 heavy (non-hydrogen) atoms. The van der Waals surface area contributed by atoms with Gasteiger partial charge in [0.15, 0.2) is 0 Å². The van der Waals surface area contributed by atoms with Crippen molar-refractivity contribution >= 4 is 11.6 Å². The van der Waals surface area contributed by atoms with E-state index in [2.05, 4.69) is 73.6 Å². The SMILES string of the molecule is CC(=O)[CH-]C(C)=O.CC(C)(C)c1ccnc(-c2[c-]cc(F)nc2F)c1.CC(C)(C)c1ccnc(-c2[c-]cc(F)nc2F)c1.[Ir+3]. The summed E-state index contributed by atoms with van der Waals surface area (Å²) in [4.78, 5) is 34.4. The van der Waals surface area contributed by atoms with Crippen molar-refractivity contribution in [3.8, 4) is 22.5 Å². The molecule has 0 saturated heterocycles. The van der Waals surface area contributed by atoms with Crippen molar-refractivity contribution in [3.05, 3.63) is 102 Å². The Morgan fingerprint density at radius 3 is 1.27 bits per heavy atom. The number of hydrogen-bond donors (Lipinski definition) is 0. The van der Waals surface area contributed by atoms with Gasteiger partial charge in [-0.1, -0.05) is 76.9 Å². The van der Waals surface area contributed by atoms with Gasteiger partial charge in [-0.15, -0.1) is 12.1 Å². The molecule has 0 aliphatic carbocycles. The largest absolute Gasteiger partial charge is 3.00 e. The van der Waals surface area contributed by atoms with Crippen LogP contribution >= 0.6 is 0 Å². The average Bonchev–Trinajstić information content (AvgIpc) is 2.88. The Morgan fingerprint density at radius 1 is 0.682 bits per heavy atom.